The lowest BCUT2D eigenvalue weighted by molar-refractivity contribution is -0.131. The van der Waals surface area contributed by atoms with Crippen molar-refractivity contribution in [2.45, 2.75) is 47.3 Å². The van der Waals surface area contributed by atoms with Gasteiger partial charge in [-0.25, -0.2) is 4.98 Å². The lowest BCUT2D eigenvalue weighted by atomic mass is 10.1. The Morgan fingerprint density at radius 2 is 2.09 bits per heavy atom. The van der Waals surface area contributed by atoms with Gasteiger partial charge in [-0.1, -0.05) is 19.1 Å². The van der Waals surface area contributed by atoms with Crippen molar-refractivity contribution in [3.63, 3.8) is 0 Å². The molecule has 0 aliphatic carbocycles. The second-order valence-corrected chi connectivity index (χ2v) is 6.42. The Balaban J connectivity index is 1.97. The van der Waals surface area contributed by atoms with Gasteiger partial charge in [0.15, 0.2) is 0 Å². The molecular formula is C18H24N2O2S. The van der Waals surface area contributed by atoms with Gasteiger partial charge in [-0.15, -0.1) is 11.3 Å². The van der Waals surface area contributed by atoms with E-state index in [0.29, 0.717) is 26.1 Å². The molecule has 1 heterocycles. The number of amides is 1. The van der Waals surface area contributed by atoms with Gasteiger partial charge in [0.05, 0.1) is 12.2 Å². The first kappa shape index (κ1) is 17.5. The monoisotopic (exact) mass is 332 g/mol. The number of nitrogens with zero attached hydrogens (tertiary/aromatic N) is 2. The number of hydrogen-bond donors (Lipinski definition) is 0. The summed E-state index contributed by atoms with van der Waals surface area (Å²) >= 11 is 1.58. The average molecular weight is 332 g/mol. The minimum atomic E-state index is 0.161. The maximum atomic E-state index is 11.8. The van der Waals surface area contributed by atoms with Crippen LogP contribution in [0.15, 0.2) is 23.6 Å². The second kappa shape index (κ2) is 8.11. The summed E-state index contributed by atoms with van der Waals surface area (Å²) < 4.78 is 5.88. The SMILES string of the molecule is CCC(=O)N(CC)Cc1csc(COc2cccc(C)c2C)n1. The summed E-state index contributed by atoms with van der Waals surface area (Å²) in [7, 11) is 0. The number of carbonyl (C=O) groups is 1. The third kappa shape index (κ3) is 4.55. The fraction of sp³-hybridized carbons (Fsp3) is 0.444. The number of rotatable bonds is 7. The summed E-state index contributed by atoms with van der Waals surface area (Å²) in [6.07, 6.45) is 0.528. The molecule has 1 amide bonds. The lowest BCUT2D eigenvalue weighted by Crippen LogP contribution is -2.29. The molecule has 0 aliphatic heterocycles. The van der Waals surface area contributed by atoms with Crippen LogP contribution in [0.25, 0.3) is 0 Å². The van der Waals surface area contributed by atoms with Gasteiger partial charge >= 0.3 is 0 Å². The largest absolute Gasteiger partial charge is 0.486 e. The molecule has 0 bridgehead atoms. The summed E-state index contributed by atoms with van der Waals surface area (Å²) in [5, 5.41) is 2.94. The first-order chi connectivity index (χ1) is 11.0. The number of thiazole rings is 1. The van der Waals surface area contributed by atoms with Crippen molar-refractivity contribution in [3.8, 4) is 5.75 Å². The number of benzene rings is 1. The maximum Gasteiger partial charge on any atom is 0.222 e. The molecule has 0 unspecified atom stereocenters. The van der Waals surface area contributed by atoms with Crippen LogP contribution in [0.2, 0.25) is 0 Å². The Kier molecular flexibility index (Phi) is 6.16. The van der Waals surface area contributed by atoms with Crippen LogP contribution in [0.3, 0.4) is 0 Å². The minimum Gasteiger partial charge on any atom is -0.486 e. The van der Waals surface area contributed by atoms with Crippen LogP contribution in [0.1, 0.15) is 42.1 Å². The Morgan fingerprint density at radius 1 is 1.30 bits per heavy atom. The average Bonchev–Trinajstić information content (AvgIpc) is 3.01. The lowest BCUT2D eigenvalue weighted by Gasteiger charge is -2.18. The van der Waals surface area contributed by atoms with E-state index in [1.807, 2.05) is 36.3 Å². The van der Waals surface area contributed by atoms with E-state index in [-0.39, 0.29) is 5.91 Å². The first-order valence-electron chi connectivity index (χ1n) is 7.95. The van der Waals surface area contributed by atoms with E-state index in [1.54, 1.807) is 11.3 Å². The van der Waals surface area contributed by atoms with E-state index in [4.69, 9.17) is 4.74 Å². The summed E-state index contributed by atoms with van der Waals surface area (Å²) in [5.41, 5.74) is 3.31. The predicted octanol–water partition coefficient (Wildman–Crippen LogP) is 4.10. The van der Waals surface area contributed by atoms with Crippen molar-refractivity contribution in [1.82, 2.24) is 9.88 Å². The van der Waals surface area contributed by atoms with Gasteiger partial charge in [0.1, 0.15) is 17.4 Å². The van der Waals surface area contributed by atoms with Crippen LogP contribution < -0.4 is 4.74 Å². The molecule has 0 saturated heterocycles. The van der Waals surface area contributed by atoms with Crippen molar-refractivity contribution < 1.29 is 9.53 Å². The Morgan fingerprint density at radius 3 is 2.78 bits per heavy atom. The van der Waals surface area contributed by atoms with Crippen LogP contribution in [0.5, 0.6) is 5.75 Å². The second-order valence-electron chi connectivity index (χ2n) is 5.48. The van der Waals surface area contributed by atoms with Crippen molar-refractivity contribution in [2.75, 3.05) is 6.54 Å². The van der Waals surface area contributed by atoms with E-state index in [0.717, 1.165) is 22.0 Å². The summed E-state index contributed by atoms with van der Waals surface area (Å²) in [5.74, 6) is 1.06. The highest BCUT2D eigenvalue weighted by Gasteiger charge is 2.12. The van der Waals surface area contributed by atoms with Gasteiger partial charge in [-0.3, -0.25) is 4.79 Å². The molecule has 0 spiro atoms. The molecule has 2 aromatic rings. The molecule has 23 heavy (non-hydrogen) atoms. The normalized spacial score (nSPS) is 10.6. The van der Waals surface area contributed by atoms with Crippen molar-refractivity contribution in [2.24, 2.45) is 0 Å². The van der Waals surface area contributed by atoms with Gasteiger partial charge in [-0.2, -0.15) is 0 Å². The van der Waals surface area contributed by atoms with Crippen LogP contribution >= 0.6 is 11.3 Å². The molecule has 5 heteroatoms. The molecule has 0 saturated carbocycles. The van der Waals surface area contributed by atoms with Crippen LogP contribution in [-0.2, 0) is 17.9 Å². The third-order valence-corrected chi connectivity index (χ3v) is 4.77. The van der Waals surface area contributed by atoms with Crippen LogP contribution in [-0.4, -0.2) is 22.3 Å². The van der Waals surface area contributed by atoms with Gasteiger partial charge in [-0.05, 0) is 38.0 Å². The molecule has 0 atom stereocenters. The quantitative estimate of drug-likeness (QED) is 0.766. The van der Waals surface area contributed by atoms with Crippen molar-refractivity contribution in [3.05, 3.63) is 45.4 Å². The molecule has 2 rings (SSSR count). The Hall–Kier alpha value is -1.88. The zero-order chi connectivity index (χ0) is 16.8. The van der Waals surface area contributed by atoms with E-state index < -0.39 is 0 Å². The molecular weight excluding hydrogens is 308 g/mol. The zero-order valence-electron chi connectivity index (χ0n) is 14.3. The standard InChI is InChI=1S/C18H24N2O2S/c1-5-18(21)20(6-2)10-15-12-23-17(19-15)11-22-16-9-7-8-13(3)14(16)4/h7-9,12H,5-6,10-11H2,1-4H3. The van der Waals surface area contributed by atoms with Gasteiger partial charge < -0.3 is 9.64 Å². The van der Waals surface area contributed by atoms with Crippen LogP contribution in [0.4, 0.5) is 0 Å². The molecule has 0 fully saturated rings. The van der Waals surface area contributed by atoms with Crippen LogP contribution in [0, 0.1) is 13.8 Å². The number of aryl methyl sites for hydroxylation is 1. The van der Waals surface area contributed by atoms with Crippen molar-refractivity contribution in [1.29, 1.82) is 0 Å². The molecule has 4 nitrogen and oxygen atoms in total. The predicted molar refractivity (Wildman–Crippen MR) is 93.7 cm³/mol. The number of aromatic nitrogens is 1. The fourth-order valence-electron chi connectivity index (χ4n) is 2.30. The summed E-state index contributed by atoms with van der Waals surface area (Å²) in [6.45, 7) is 9.76. The van der Waals surface area contributed by atoms with E-state index >= 15 is 0 Å². The fourth-order valence-corrected chi connectivity index (χ4v) is 3.00. The molecule has 0 N–H and O–H groups in total. The molecule has 0 radical (unpaired) electrons. The zero-order valence-corrected chi connectivity index (χ0v) is 15.1. The van der Waals surface area contributed by atoms with Crippen molar-refractivity contribution >= 4 is 17.2 Å². The maximum absolute atomic E-state index is 11.8. The highest BCUT2D eigenvalue weighted by Crippen LogP contribution is 2.22. The minimum absolute atomic E-state index is 0.161. The molecule has 1 aromatic carbocycles. The summed E-state index contributed by atoms with van der Waals surface area (Å²) in [4.78, 5) is 18.2. The molecule has 1 aromatic heterocycles. The summed E-state index contributed by atoms with van der Waals surface area (Å²) in [6, 6.07) is 6.06. The van der Waals surface area contributed by atoms with E-state index in [9.17, 15) is 4.79 Å². The first-order valence-corrected chi connectivity index (χ1v) is 8.83. The Bertz CT molecular complexity index is 667. The number of hydrogen-bond acceptors (Lipinski definition) is 4. The molecule has 0 aliphatic rings. The van der Waals surface area contributed by atoms with E-state index in [1.165, 1.54) is 5.56 Å². The van der Waals surface area contributed by atoms with Gasteiger partial charge in [0.25, 0.3) is 0 Å². The van der Waals surface area contributed by atoms with E-state index in [2.05, 4.69) is 24.9 Å². The smallest absolute Gasteiger partial charge is 0.222 e. The topological polar surface area (TPSA) is 42.4 Å². The number of carbonyl (C=O) groups excluding carboxylic acids is 1. The van der Waals surface area contributed by atoms with Gasteiger partial charge in [0.2, 0.25) is 5.91 Å². The highest BCUT2D eigenvalue weighted by molar-refractivity contribution is 7.09. The third-order valence-electron chi connectivity index (χ3n) is 3.90. The highest BCUT2D eigenvalue weighted by atomic mass is 32.1. The number of ether oxygens (including phenoxy) is 1. The Labute approximate surface area is 142 Å². The van der Waals surface area contributed by atoms with Gasteiger partial charge in [0, 0.05) is 18.3 Å². The molecule has 124 valence electrons.